The van der Waals surface area contributed by atoms with Crippen LogP contribution in [0.1, 0.15) is 67.3 Å². The van der Waals surface area contributed by atoms with Crippen molar-refractivity contribution in [2.45, 2.75) is 51.4 Å². The summed E-state index contributed by atoms with van der Waals surface area (Å²) < 4.78 is 18.4. The average Bonchev–Trinajstić information content (AvgIpc) is 2.65. The number of ether oxygens (including phenoxy) is 3. The van der Waals surface area contributed by atoms with Crippen molar-refractivity contribution in [1.82, 2.24) is 0 Å². The van der Waals surface area contributed by atoms with E-state index < -0.39 is 0 Å². The molecule has 29 heavy (non-hydrogen) atoms. The summed E-state index contributed by atoms with van der Waals surface area (Å²) in [6, 6.07) is 9.68. The van der Waals surface area contributed by atoms with E-state index in [2.05, 4.69) is 12.1 Å². The van der Waals surface area contributed by atoms with Crippen molar-refractivity contribution in [3.05, 3.63) is 64.7 Å². The van der Waals surface area contributed by atoms with E-state index in [1.54, 1.807) is 0 Å². The summed E-state index contributed by atoms with van der Waals surface area (Å²) >= 11 is 0. The van der Waals surface area contributed by atoms with Crippen LogP contribution in [0.3, 0.4) is 0 Å². The van der Waals surface area contributed by atoms with E-state index in [1.807, 2.05) is 70.2 Å². The maximum atomic E-state index is 12.9. The van der Waals surface area contributed by atoms with Crippen LogP contribution in [0.15, 0.2) is 42.5 Å². The lowest BCUT2D eigenvalue weighted by Gasteiger charge is -2.33. The van der Waals surface area contributed by atoms with Crippen LogP contribution < -0.4 is 14.2 Å². The Hall–Kier alpha value is -3.01. The molecule has 0 N–H and O–H groups in total. The van der Waals surface area contributed by atoms with Crippen LogP contribution in [0.25, 0.3) is 12.2 Å². The van der Waals surface area contributed by atoms with Crippen molar-refractivity contribution in [2.24, 2.45) is 0 Å². The van der Waals surface area contributed by atoms with Gasteiger partial charge in [-0.2, -0.15) is 0 Å². The highest BCUT2D eigenvalue weighted by Gasteiger charge is 2.33. The Labute approximate surface area is 170 Å². The average molecular weight is 388 g/mol. The topological polar surface area (TPSA) is 44.8 Å². The summed E-state index contributed by atoms with van der Waals surface area (Å²) in [4.78, 5) is 12.9. The Morgan fingerprint density at radius 1 is 0.897 bits per heavy atom. The summed E-state index contributed by atoms with van der Waals surface area (Å²) in [5, 5.41) is 0. The van der Waals surface area contributed by atoms with E-state index in [0.29, 0.717) is 17.7 Å². The van der Waals surface area contributed by atoms with Crippen LogP contribution in [-0.2, 0) is 0 Å². The van der Waals surface area contributed by atoms with E-state index in [9.17, 15) is 4.79 Å². The number of fused-ring (bicyclic) bond motifs is 4. The van der Waals surface area contributed by atoms with Gasteiger partial charge in [0.2, 0.25) is 0 Å². The number of benzene rings is 2. The molecule has 0 spiro atoms. The second-order valence-electron chi connectivity index (χ2n) is 8.96. The maximum absolute atomic E-state index is 12.9. The molecule has 0 aromatic heterocycles. The zero-order chi connectivity index (χ0) is 20.4. The second kappa shape index (κ2) is 5.99. The lowest BCUT2D eigenvalue weighted by Crippen LogP contribution is -2.29. The van der Waals surface area contributed by atoms with Crippen molar-refractivity contribution >= 4 is 17.9 Å². The Morgan fingerprint density at radius 2 is 1.59 bits per heavy atom. The third kappa shape index (κ3) is 3.13. The van der Waals surface area contributed by atoms with Crippen molar-refractivity contribution in [1.29, 1.82) is 0 Å². The molecule has 2 aromatic carbocycles. The monoisotopic (exact) mass is 388 g/mol. The first kappa shape index (κ1) is 18.0. The summed E-state index contributed by atoms with van der Waals surface area (Å²) in [7, 11) is 0. The number of carbonyl (C=O) groups excluding carboxylic acids is 1. The molecule has 3 heterocycles. The maximum Gasteiger partial charge on any atom is 0.170 e. The van der Waals surface area contributed by atoms with Gasteiger partial charge in [0.15, 0.2) is 5.78 Å². The van der Waals surface area contributed by atoms with Gasteiger partial charge in [-0.1, -0.05) is 12.1 Å². The molecule has 2 aromatic rings. The Balaban J connectivity index is 1.51. The van der Waals surface area contributed by atoms with E-state index >= 15 is 0 Å². The van der Waals surface area contributed by atoms with Crippen LogP contribution in [-0.4, -0.2) is 17.0 Å². The molecule has 0 radical (unpaired) electrons. The van der Waals surface area contributed by atoms with Crippen LogP contribution in [0.4, 0.5) is 0 Å². The van der Waals surface area contributed by atoms with Crippen molar-refractivity contribution in [2.75, 3.05) is 0 Å². The van der Waals surface area contributed by atoms with Crippen LogP contribution in [0, 0.1) is 0 Å². The van der Waals surface area contributed by atoms with E-state index in [-0.39, 0.29) is 23.1 Å². The number of hydrogen-bond acceptors (Lipinski definition) is 4. The molecular weight excluding hydrogens is 364 g/mol. The third-order valence-electron chi connectivity index (χ3n) is 5.55. The molecule has 4 heteroatoms. The van der Waals surface area contributed by atoms with Gasteiger partial charge in [-0.25, -0.2) is 0 Å². The smallest absolute Gasteiger partial charge is 0.170 e. The van der Waals surface area contributed by atoms with Crippen molar-refractivity contribution < 1.29 is 19.0 Å². The lowest BCUT2D eigenvalue weighted by atomic mass is 9.91. The number of Topliss-reactive ketones (excluding diaryl/α,β-unsaturated/α-hetero) is 1. The highest BCUT2D eigenvalue weighted by Crippen LogP contribution is 2.45. The van der Waals surface area contributed by atoms with Gasteiger partial charge in [0.1, 0.15) is 34.6 Å². The van der Waals surface area contributed by atoms with Gasteiger partial charge in [0.25, 0.3) is 0 Å². The minimum atomic E-state index is -0.377. The molecule has 4 nitrogen and oxygen atoms in total. The first-order chi connectivity index (χ1) is 13.7. The van der Waals surface area contributed by atoms with Crippen LogP contribution in [0.5, 0.6) is 17.2 Å². The Kier molecular flexibility index (Phi) is 3.73. The highest BCUT2D eigenvalue weighted by molar-refractivity contribution is 6.01. The SMILES string of the molecule is CC1(C)C=Cc2cc([C@@H]3CC(=O)c4ccc5c(c4O3)C=CC(C)(C)O5)ccc2O1. The molecule has 3 aliphatic heterocycles. The fourth-order valence-corrected chi connectivity index (χ4v) is 4.02. The van der Waals surface area contributed by atoms with Gasteiger partial charge in [-0.15, -0.1) is 0 Å². The fraction of sp³-hybridized carbons (Fsp3) is 0.320. The Morgan fingerprint density at radius 3 is 2.38 bits per heavy atom. The lowest BCUT2D eigenvalue weighted by molar-refractivity contribution is 0.0846. The van der Waals surface area contributed by atoms with Gasteiger partial charge >= 0.3 is 0 Å². The fourth-order valence-electron chi connectivity index (χ4n) is 4.02. The molecule has 0 aliphatic carbocycles. The van der Waals surface area contributed by atoms with E-state index in [4.69, 9.17) is 14.2 Å². The van der Waals surface area contributed by atoms with Gasteiger partial charge < -0.3 is 14.2 Å². The molecule has 148 valence electrons. The number of hydrogen-bond donors (Lipinski definition) is 0. The summed E-state index contributed by atoms with van der Waals surface area (Å²) in [5.41, 5.74) is 2.73. The predicted molar refractivity (Wildman–Crippen MR) is 113 cm³/mol. The van der Waals surface area contributed by atoms with Crippen molar-refractivity contribution in [3.63, 3.8) is 0 Å². The summed E-state index contributed by atoms with van der Waals surface area (Å²) in [6.45, 7) is 8.07. The molecular formula is C25H24O4. The Bertz CT molecular complexity index is 1090. The summed E-state index contributed by atoms with van der Waals surface area (Å²) in [6.07, 6.45) is 8.09. The molecule has 0 bridgehead atoms. The largest absolute Gasteiger partial charge is 0.484 e. The first-order valence-corrected chi connectivity index (χ1v) is 9.98. The third-order valence-corrected chi connectivity index (χ3v) is 5.55. The predicted octanol–water partition coefficient (Wildman–Crippen LogP) is 5.76. The van der Waals surface area contributed by atoms with Crippen LogP contribution in [0.2, 0.25) is 0 Å². The van der Waals surface area contributed by atoms with Crippen molar-refractivity contribution in [3.8, 4) is 17.2 Å². The second-order valence-corrected chi connectivity index (χ2v) is 8.96. The molecule has 0 unspecified atom stereocenters. The quantitative estimate of drug-likeness (QED) is 0.623. The molecule has 1 atom stereocenters. The zero-order valence-corrected chi connectivity index (χ0v) is 17.1. The normalized spacial score (nSPS) is 22.5. The number of rotatable bonds is 1. The van der Waals surface area contributed by atoms with Gasteiger partial charge in [-0.3, -0.25) is 4.79 Å². The standard InChI is InChI=1S/C25H24O4/c1-24(2)11-9-16-13-15(5-7-20(16)28-24)22-14-19(26)17-6-8-21-18(23(17)27-22)10-12-25(3,4)29-21/h5-13,22H,14H2,1-4H3/t22-/m0/s1. The minimum Gasteiger partial charge on any atom is -0.484 e. The first-order valence-electron chi connectivity index (χ1n) is 9.98. The molecule has 0 saturated heterocycles. The highest BCUT2D eigenvalue weighted by atomic mass is 16.5. The molecule has 0 amide bonds. The number of ketones is 1. The van der Waals surface area contributed by atoms with E-state index in [1.165, 1.54) is 0 Å². The van der Waals surface area contributed by atoms with Gasteiger partial charge in [-0.05, 0) is 75.8 Å². The molecule has 0 fully saturated rings. The van der Waals surface area contributed by atoms with Crippen LogP contribution >= 0.6 is 0 Å². The van der Waals surface area contributed by atoms with Gasteiger partial charge in [0.05, 0.1) is 17.5 Å². The zero-order valence-electron chi connectivity index (χ0n) is 17.1. The van der Waals surface area contributed by atoms with E-state index in [0.717, 1.165) is 28.2 Å². The minimum absolute atomic E-state index is 0.0860. The molecule has 0 saturated carbocycles. The molecule has 5 rings (SSSR count). The number of carbonyl (C=O) groups is 1. The summed E-state index contributed by atoms with van der Waals surface area (Å²) in [5.74, 6) is 2.29. The molecule has 3 aliphatic rings. The van der Waals surface area contributed by atoms with Gasteiger partial charge in [0, 0.05) is 5.56 Å².